The third-order valence-corrected chi connectivity index (χ3v) is 7.46. The van der Waals surface area contributed by atoms with Crippen molar-refractivity contribution in [1.82, 2.24) is 9.62 Å². The molecule has 0 saturated carbocycles. The van der Waals surface area contributed by atoms with E-state index in [1.807, 2.05) is 0 Å². The zero-order valence-electron chi connectivity index (χ0n) is 17.4. The van der Waals surface area contributed by atoms with Crippen molar-refractivity contribution in [2.45, 2.75) is 37.5 Å². The Kier molecular flexibility index (Phi) is 7.69. The van der Waals surface area contributed by atoms with Crippen LogP contribution in [-0.2, 0) is 14.8 Å². The molecule has 3 rings (SSSR count). The number of carbonyl (C=O) groups is 2. The predicted molar refractivity (Wildman–Crippen MR) is 121 cm³/mol. The molecule has 1 heterocycles. The van der Waals surface area contributed by atoms with Gasteiger partial charge in [0, 0.05) is 29.4 Å². The molecule has 166 valence electrons. The highest BCUT2D eigenvalue weighted by atomic mass is 35.5. The number of sulfonamides is 1. The van der Waals surface area contributed by atoms with Crippen molar-refractivity contribution in [2.75, 3.05) is 25.0 Å². The van der Waals surface area contributed by atoms with Crippen LogP contribution in [0.2, 0.25) is 5.02 Å². The number of amides is 2. The van der Waals surface area contributed by atoms with E-state index < -0.39 is 21.8 Å². The molecule has 1 aliphatic heterocycles. The average molecular weight is 464 g/mol. The fourth-order valence-electron chi connectivity index (χ4n) is 3.45. The van der Waals surface area contributed by atoms with Gasteiger partial charge in [-0.2, -0.15) is 4.31 Å². The summed E-state index contributed by atoms with van der Waals surface area (Å²) in [6.07, 6.45) is 3.76. The summed E-state index contributed by atoms with van der Waals surface area (Å²) in [6, 6.07) is 11.1. The van der Waals surface area contributed by atoms with E-state index in [0.717, 1.165) is 25.7 Å². The normalized spacial score (nSPS) is 15.2. The van der Waals surface area contributed by atoms with Gasteiger partial charge in [-0.25, -0.2) is 8.42 Å². The van der Waals surface area contributed by atoms with Crippen LogP contribution >= 0.6 is 11.6 Å². The molecule has 1 fully saturated rings. The lowest BCUT2D eigenvalue weighted by molar-refractivity contribution is -0.115. The van der Waals surface area contributed by atoms with Crippen LogP contribution in [0.1, 0.15) is 41.6 Å². The summed E-state index contributed by atoms with van der Waals surface area (Å²) in [7, 11) is -3.64. The van der Waals surface area contributed by atoms with E-state index in [-0.39, 0.29) is 11.4 Å². The highest BCUT2D eigenvalue weighted by molar-refractivity contribution is 7.89. The lowest BCUT2D eigenvalue weighted by atomic mass is 10.2. The molecule has 0 radical (unpaired) electrons. The van der Waals surface area contributed by atoms with Crippen LogP contribution in [0.4, 0.5) is 5.69 Å². The number of anilines is 1. The minimum Gasteiger partial charge on any atom is -0.343 e. The van der Waals surface area contributed by atoms with Crippen LogP contribution in [0.25, 0.3) is 0 Å². The lowest BCUT2D eigenvalue weighted by Gasteiger charge is -2.21. The van der Waals surface area contributed by atoms with Gasteiger partial charge in [0.2, 0.25) is 15.9 Å². The van der Waals surface area contributed by atoms with E-state index in [4.69, 9.17) is 11.6 Å². The zero-order chi connectivity index (χ0) is 22.4. The van der Waals surface area contributed by atoms with Crippen LogP contribution in [0.5, 0.6) is 0 Å². The molecule has 1 aliphatic rings. The Morgan fingerprint density at radius 3 is 2.29 bits per heavy atom. The quantitative estimate of drug-likeness (QED) is 0.684. The van der Waals surface area contributed by atoms with Gasteiger partial charge >= 0.3 is 0 Å². The molecule has 0 spiro atoms. The maximum Gasteiger partial charge on any atom is 0.251 e. The van der Waals surface area contributed by atoms with Crippen LogP contribution in [0, 0.1) is 6.92 Å². The molecule has 0 unspecified atom stereocenters. The molecule has 0 atom stereocenters. The number of halogens is 1. The van der Waals surface area contributed by atoms with E-state index in [2.05, 4.69) is 10.6 Å². The van der Waals surface area contributed by atoms with E-state index in [1.54, 1.807) is 43.3 Å². The SMILES string of the molecule is Cc1ccc(NC(=O)CNC(=O)c2ccc(Cl)cc2)cc1S(=O)(=O)N1CCCCCC1. The Labute approximate surface area is 187 Å². The molecular weight excluding hydrogens is 438 g/mol. The van der Waals surface area contributed by atoms with Crippen LogP contribution in [0.3, 0.4) is 0 Å². The molecule has 9 heteroatoms. The van der Waals surface area contributed by atoms with Gasteiger partial charge in [0.1, 0.15) is 0 Å². The van der Waals surface area contributed by atoms with Gasteiger partial charge in [-0.15, -0.1) is 0 Å². The lowest BCUT2D eigenvalue weighted by Crippen LogP contribution is -2.33. The van der Waals surface area contributed by atoms with Gasteiger partial charge in [-0.3, -0.25) is 9.59 Å². The number of aryl methyl sites for hydroxylation is 1. The monoisotopic (exact) mass is 463 g/mol. The standard InChI is InChI=1S/C22H26ClN3O4S/c1-16-6-11-19(14-20(16)31(29,30)26-12-4-2-3-5-13-26)25-21(27)15-24-22(28)17-7-9-18(23)10-8-17/h6-11,14H,2-5,12-13,15H2,1H3,(H,24,28)(H,25,27). The summed E-state index contributed by atoms with van der Waals surface area (Å²) in [5.41, 5.74) is 1.38. The van der Waals surface area contributed by atoms with E-state index in [1.165, 1.54) is 10.4 Å². The molecule has 1 saturated heterocycles. The van der Waals surface area contributed by atoms with E-state index >= 15 is 0 Å². The average Bonchev–Trinajstić information content (AvgIpc) is 3.04. The number of nitrogens with zero attached hydrogens (tertiary/aromatic N) is 1. The van der Waals surface area contributed by atoms with Gasteiger partial charge in [0.05, 0.1) is 11.4 Å². The maximum absolute atomic E-state index is 13.1. The first-order valence-corrected chi connectivity index (χ1v) is 12.0. The second kappa shape index (κ2) is 10.3. The van der Waals surface area contributed by atoms with Gasteiger partial charge in [0.15, 0.2) is 0 Å². The van der Waals surface area contributed by atoms with Crippen LogP contribution in [0.15, 0.2) is 47.4 Å². The topological polar surface area (TPSA) is 95.6 Å². The van der Waals surface area contributed by atoms with E-state index in [9.17, 15) is 18.0 Å². The van der Waals surface area contributed by atoms with Crippen molar-refractivity contribution in [3.8, 4) is 0 Å². The first-order chi connectivity index (χ1) is 14.8. The Hall–Kier alpha value is -2.42. The van der Waals surface area contributed by atoms with Crippen molar-refractivity contribution >= 4 is 39.1 Å². The smallest absolute Gasteiger partial charge is 0.251 e. The molecule has 2 N–H and O–H groups in total. The van der Waals surface area contributed by atoms with Gasteiger partial charge in [0.25, 0.3) is 5.91 Å². The second-order valence-corrected chi connectivity index (χ2v) is 9.88. The number of carbonyl (C=O) groups excluding carboxylic acids is 2. The Morgan fingerprint density at radius 2 is 1.65 bits per heavy atom. The van der Waals surface area contributed by atoms with Gasteiger partial charge < -0.3 is 10.6 Å². The summed E-state index contributed by atoms with van der Waals surface area (Å²) in [5, 5.41) is 5.70. The molecule has 31 heavy (non-hydrogen) atoms. The Balaban J connectivity index is 1.66. The minimum absolute atomic E-state index is 0.192. The van der Waals surface area contributed by atoms with Crippen LogP contribution in [-0.4, -0.2) is 44.2 Å². The summed E-state index contributed by atoms with van der Waals surface area (Å²) in [6.45, 7) is 2.51. The fourth-order valence-corrected chi connectivity index (χ4v) is 5.34. The number of nitrogens with one attached hydrogen (secondary N) is 2. The molecule has 0 bridgehead atoms. The fraction of sp³-hybridized carbons (Fsp3) is 0.364. The molecule has 2 aromatic rings. The highest BCUT2D eigenvalue weighted by Gasteiger charge is 2.27. The first kappa shape index (κ1) is 23.2. The summed E-state index contributed by atoms with van der Waals surface area (Å²) < 4.78 is 27.8. The predicted octanol–water partition coefficient (Wildman–Crippen LogP) is 3.58. The Morgan fingerprint density at radius 1 is 1.00 bits per heavy atom. The number of benzene rings is 2. The molecule has 2 amide bonds. The first-order valence-electron chi connectivity index (χ1n) is 10.2. The third-order valence-electron chi connectivity index (χ3n) is 5.17. The summed E-state index contributed by atoms with van der Waals surface area (Å²) >= 11 is 5.81. The van der Waals surface area contributed by atoms with Gasteiger partial charge in [-0.05, 0) is 61.7 Å². The minimum atomic E-state index is -3.64. The van der Waals surface area contributed by atoms with Crippen molar-refractivity contribution in [2.24, 2.45) is 0 Å². The number of rotatable bonds is 6. The zero-order valence-corrected chi connectivity index (χ0v) is 18.9. The highest BCUT2D eigenvalue weighted by Crippen LogP contribution is 2.25. The number of hydrogen-bond donors (Lipinski definition) is 2. The summed E-state index contributed by atoms with van der Waals surface area (Å²) in [4.78, 5) is 24.6. The molecule has 0 aromatic heterocycles. The van der Waals surface area contributed by atoms with Crippen LogP contribution < -0.4 is 10.6 Å². The molecule has 2 aromatic carbocycles. The molecule has 0 aliphatic carbocycles. The Bertz CT molecular complexity index is 1050. The molecule has 7 nitrogen and oxygen atoms in total. The largest absolute Gasteiger partial charge is 0.343 e. The molecular formula is C22H26ClN3O4S. The summed E-state index contributed by atoms with van der Waals surface area (Å²) in [5.74, 6) is -0.857. The van der Waals surface area contributed by atoms with E-state index in [0.29, 0.717) is 34.9 Å². The van der Waals surface area contributed by atoms with Crippen molar-refractivity contribution in [3.05, 3.63) is 58.6 Å². The second-order valence-electron chi connectivity index (χ2n) is 7.54. The van der Waals surface area contributed by atoms with Crippen molar-refractivity contribution in [3.63, 3.8) is 0 Å². The third kappa shape index (κ3) is 6.06. The van der Waals surface area contributed by atoms with Crippen molar-refractivity contribution < 1.29 is 18.0 Å². The van der Waals surface area contributed by atoms with Crippen molar-refractivity contribution in [1.29, 1.82) is 0 Å². The maximum atomic E-state index is 13.1. The van der Waals surface area contributed by atoms with Gasteiger partial charge in [-0.1, -0.05) is 30.5 Å². The number of hydrogen-bond acceptors (Lipinski definition) is 4.